The number of rotatable bonds is 9. The van der Waals surface area contributed by atoms with Crippen LogP contribution in [-0.4, -0.2) is 30.4 Å². The molecule has 6 nitrogen and oxygen atoms in total. The van der Waals surface area contributed by atoms with Gasteiger partial charge in [-0.15, -0.1) is 0 Å². The normalized spacial score (nSPS) is 16.1. The van der Waals surface area contributed by atoms with Crippen molar-refractivity contribution >= 4 is 15.9 Å². The van der Waals surface area contributed by atoms with Crippen LogP contribution in [0.3, 0.4) is 0 Å². The summed E-state index contributed by atoms with van der Waals surface area (Å²) in [6.45, 7) is 3.06. The molecule has 34 heavy (non-hydrogen) atoms. The Kier molecular flexibility index (Phi) is 7.77. The highest BCUT2D eigenvalue weighted by molar-refractivity contribution is 7.89. The molecule has 7 heteroatoms. The van der Waals surface area contributed by atoms with E-state index in [0.29, 0.717) is 26.2 Å². The Hall–Kier alpha value is -3.00. The number of carbonyl (C=O) groups excluding carboxylic acids is 1. The highest BCUT2D eigenvalue weighted by Gasteiger charge is 2.37. The van der Waals surface area contributed by atoms with Crippen LogP contribution in [0.1, 0.15) is 34.7 Å². The van der Waals surface area contributed by atoms with E-state index >= 15 is 0 Å². The van der Waals surface area contributed by atoms with Gasteiger partial charge in [0.25, 0.3) is 0 Å². The van der Waals surface area contributed by atoms with Crippen molar-refractivity contribution in [3.05, 3.63) is 107 Å². The minimum atomic E-state index is -3.54. The van der Waals surface area contributed by atoms with E-state index in [9.17, 15) is 13.2 Å². The molecule has 178 valence electrons. The molecule has 3 aromatic rings. The Morgan fingerprint density at radius 2 is 1.56 bits per heavy atom. The molecule has 1 heterocycles. The van der Waals surface area contributed by atoms with Crippen LogP contribution in [-0.2, 0) is 52.3 Å². The van der Waals surface area contributed by atoms with Gasteiger partial charge in [0.05, 0.1) is 19.0 Å². The van der Waals surface area contributed by atoms with Gasteiger partial charge < -0.3 is 10.1 Å². The summed E-state index contributed by atoms with van der Waals surface area (Å²) in [5.74, 6) is -0.327. The number of hydrogen-bond donors (Lipinski definition) is 1. The quantitative estimate of drug-likeness (QED) is 0.508. The molecule has 4 rings (SSSR count). The number of carbonyl (C=O) groups is 1. The second-order valence-electron chi connectivity index (χ2n) is 8.40. The third-order valence-electron chi connectivity index (χ3n) is 6.17. The van der Waals surface area contributed by atoms with Crippen LogP contribution in [0.2, 0.25) is 0 Å². The van der Waals surface area contributed by atoms with Gasteiger partial charge in [-0.3, -0.25) is 4.79 Å². The molecule has 1 aliphatic rings. The number of amides is 1. The van der Waals surface area contributed by atoms with Crippen LogP contribution in [0.5, 0.6) is 0 Å². The van der Waals surface area contributed by atoms with Crippen molar-refractivity contribution in [1.29, 1.82) is 0 Å². The molecule has 1 amide bonds. The van der Waals surface area contributed by atoms with Crippen molar-refractivity contribution in [1.82, 2.24) is 9.62 Å². The first-order valence-corrected chi connectivity index (χ1v) is 13.1. The van der Waals surface area contributed by atoms with Crippen molar-refractivity contribution in [2.75, 3.05) is 5.75 Å². The van der Waals surface area contributed by atoms with Crippen LogP contribution < -0.4 is 5.32 Å². The summed E-state index contributed by atoms with van der Waals surface area (Å²) in [5.41, 5.74) is 5.00. The second kappa shape index (κ2) is 11.0. The van der Waals surface area contributed by atoms with E-state index in [1.165, 1.54) is 4.31 Å². The highest BCUT2D eigenvalue weighted by atomic mass is 32.2. The maximum absolute atomic E-state index is 13.2. The maximum atomic E-state index is 13.2. The van der Waals surface area contributed by atoms with Crippen LogP contribution in [0, 0.1) is 0 Å². The van der Waals surface area contributed by atoms with Crippen LogP contribution in [0.25, 0.3) is 0 Å². The van der Waals surface area contributed by atoms with Crippen LogP contribution >= 0.6 is 0 Å². The number of sulfonamides is 1. The molecule has 0 unspecified atom stereocenters. The fourth-order valence-electron chi connectivity index (χ4n) is 4.20. The van der Waals surface area contributed by atoms with Crippen LogP contribution in [0.4, 0.5) is 0 Å². The summed E-state index contributed by atoms with van der Waals surface area (Å²) in [5, 5.41) is 2.97. The molecule has 0 aliphatic carbocycles. The Bertz CT molecular complexity index is 1230. The summed E-state index contributed by atoms with van der Waals surface area (Å²) in [6.07, 6.45) is 0.364. The van der Waals surface area contributed by atoms with Crippen molar-refractivity contribution < 1.29 is 17.9 Å². The largest absolute Gasteiger partial charge is 0.372 e. The molecule has 0 spiro atoms. The minimum Gasteiger partial charge on any atom is -0.372 e. The molecule has 0 saturated carbocycles. The third kappa shape index (κ3) is 5.73. The van der Waals surface area contributed by atoms with E-state index in [-0.39, 0.29) is 18.2 Å². The molecule has 1 aliphatic heterocycles. The summed E-state index contributed by atoms with van der Waals surface area (Å²) in [7, 11) is -3.54. The summed E-state index contributed by atoms with van der Waals surface area (Å²) >= 11 is 0. The first kappa shape index (κ1) is 24.1. The number of hydrogen-bond acceptors (Lipinski definition) is 4. The molecule has 1 N–H and O–H groups in total. The Labute approximate surface area is 201 Å². The SMILES string of the molecule is CCS(=O)(=O)N1Cc2ccccc2C[C@@H]1C(=O)NCc1ccccc1COCc1ccccc1. The van der Waals surface area contributed by atoms with Crippen molar-refractivity contribution in [2.24, 2.45) is 0 Å². The fourth-order valence-corrected chi connectivity index (χ4v) is 5.43. The molecule has 0 saturated heterocycles. The van der Waals surface area contributed by atoms with Gasteiger partial charge in [0.15, 0.2) is 0 Å². The topological polar surface area (TPSA) is 75.7 Å². The van der Waals surface area contributed by atoms with Gasteiger partial charge in [-0.2, -0.15) is 4.31 Å². The zero-order valence-electron chi connectivity index (χ0n) is 19.3. The van der Waals surface area contributed by atoms with Gasteiger partial charge in [0, 0.05) is 13.1 Å². The highest BCUT2D eigenvalue weighted by Crippen LogP contribution is 2.26. The first-order chi connectivity index (χ1) is 16.5. The smallest absolute Gasteiger partial charge is 0.239 e. The van der Waals surface area contributed by atoms with Crippen molar-refractivity contribution in [3.8, 4) is 0 Å². The Morgan fingerprint density at radius 3 is 2.29 bits per heavy atom. The van der Waals surface area contributed by atoms with E-state index in [2.05, 4.69) is 5.32 Å². The Morgan fingerprint density at radius 1 is 0.912 bits per heavy atom. The molecular weight excluding hydrogens is 448 g/mol. The minimum absolute atomic E-state index is 0.0411. The predicted octanol–water partition coefficient (Wildman–Crippen LogP) is 3.80. The van der Waals surface area contributed by atoms with Crippen molar-refractivity contribution in [2.45, 2.75) is 45.7 Å². The van der Waals surface area contributed by atoms with E-state index in [1.54, 1.807) is 6.92 Å². The molecule has 0 radical (unpaired) electrons. The molecule has 0 bridgehead atoms. The van der Waals surface area contributed by atoms with E-state index < -0.39 is 16.1 Å². The second-order valence-corrected chi connectivity index (χ2v) is 10.6. The lowest BCUT2D eigenvalue weighted by atomic mass is 9.95. The lowest BCUT2D eigenvalue weighted by Gasteiger charge is -2.34. The van der Waals surface area contributed by atoms with E-state index in [0.717, 1.165) is 27.8 Å². The van der Waals surface area contributed by atoms with Crippen LogP contribution in [0.15, 0.2) is 78.9 Å². The number of benzene rings is 3. The van der Waals surface area contributed by atoms with Gasteiger partial charge in [-0.05, 0) is 41.2 Å². The maximum Gasteiger partial charge on any atom is 0.239 e. The lowest BCUT2D eigenvalue weighted by molar-refractivity contribution is -0.125. The van der Waals surface area contributed by atoms with Gasteiger partial charge in [-0.25, -0.2) is 8.42 Å². The van der Waals surface area contributed by atoms with E-state index in [1.807, 2.05) is 78.9 Å². The predicted molar refractivity (Wildman–Crippen MR) is 132 cm³/mol. The number of ether oxygens (including phenoxy) is 1. The number of nitrogens with zero attached hydrogens (tertiary/aromatic N) is 1. The van der Waals surface area contributed by atoms with Gasteiger partial charge >= 0.3 is 0 Å². The molecule has 3 aromatic carbocycles. The summed E-state index contributed by atoms with van der Waals surface area (Å²) < 4.78 is 32.8. The molecule has 0 fully saturated rings. The average Bonchev–Trinajstić information content (AvgIpc) is 2.87. The Balaban J connectivity index is 1.43. The average molecular weight is 479 g/mol. The van der Waals surface area contributed by atoms with Gasteiger partial charge in [-0.1, -0.05) is 78.9 Å². The molecule has 0 aromatic heterocycles. The van der Waals surface area contributed by atoms with Crippen molar-refractivity contribution in [3.63, 3.8) is 0 Å². The summed E-state index contributed by atoms with van der Waals surface area (Å²) in [4.78, 5) is 13.2. The molecular formula is C27H30N2O4S. The molecule has 1 atom stereocenters. The fraction of sp³-hybridized carbons (Fsp3) is 0.296. The zero-order chi connectivity index (χ0) is 24.0. The summed E-state index contributed by atoms with van der Waals surface area (Å²) in [6, 6.07) is 24.7. The van der Waals surface area contributed by atoms with Gasteiger partial charge in [0.2, 0.25) is 15.9 Å². The standard InChI is InChI=1S/C27H30N2O4S/c1-2-34(31,32)29-18-24-14-8-6-12-22(24)16-26(29)27(30)28-17-23-13-7-9-15-25(23)20-33-19-21-10-4-3-5-11-21/h3-15,26H,2,16-20H2,1H3,(H,28,30)/t26-/m1/s1. The first-order valence-electron chi connectivity index (χ1n) is 11.5. The van der Waals surface area contributed by atoms with E-state index in [4.69, 9.17) is 4.74 Å². The lowest BCUT2D eigenvalue weighted by Crippen LogP contribution is -2.52. The van der Waals surface area contributed by atoms with Gasteiger partial charge in [0.1, 0.15) is 6.04 Å². The zero-order valence-corrected chi connectivity index (χ0v) is 20.1. The number of fused-ring (bicyclic) bond motifs is 1. The monoisotopic (exact) mass is 478 g/mol. The third-order valence-corrected chi connectivity index (χ3v) is 8.00. The number of nitrogens with one attached hydrogen (secondary N) is 1.